The summed E-state index contributed by atoms with van der Waals surface area (Å²) in [7, 11) is 2.90. The van der Waals surface area contributed by atoms with Crippen molar-refractivity contribution >= 4 is 5.91 Å². The van der Waals surface area contributed by atoms with Gasteiger partial charge in [0.25, 0.3) is 11.5 Å². The largest absolute Gasteiger partial charge is 0.335 e. The average Bonchev–Trinajstić information content (AvgIpc) is 3.40. The smallest absolute Gasteiger partial charge is 0.331 e. The molecule has 0 spiro atoms. The first-order valence-electron chi connectivity index (χ1n) is 8.45. The first-order chi connectivity index (χ1) is 12.0. The van der Waals surface area contributed by atoms with Gasteiger partial charge in [0.15, 0.2) is 5.82 Å². The number of rotatable bonds is 2. The van der Waals surface area contributed by atoms with Crippen LogP contribution < -0.4 is 11.2 Å². The molecule has 0 bridgehead atoms. The summed E-state index contributed by atoms with van der Waals surface area (Å²) in [6.07, 6.45) is 2.93. The minimum atomic E-state index is -0.505. The Balaban J connectivity index is 1.57. The lowest BCUT2D eigenvalue weighted by molar-refractivity contribution is 0.0746. The quantitative estimate of drug-likeness (QED) is 0.714. The van der Waals surface area contributed by atoms with Crippen LogP contribution in [0.15, 0.2) is 15.7 Å². The van der Waals surface area contributed by atoms with E-state index < -0.39 is 11.2 Å². The molecule has 0 atom stereocenters. The van der Waals surface area contributed by atoms with Crippen LogP contribution in [-0.2, 0) is 27.1 Å². The van der Waals surface area contributed by atoms with E-state index >= 15 is 0 Å². The number of carbonyl (C=O) groups is 1. The standard InChI is InChI=1S/C16H20N6O3/c1-19-11(9-13(23)20(2)16(19)25)15(24)21-6-5-12-17-14(10-3-4-10)18-22(12)8-7-21/h9-10H,3-8H2,1-2H3. The van der Waals surface area contributed by atoms with E-state index in [0.29, 0.717) is 32.0 Å². The zero-order valence-electron chi connectivity index (χ0n) is 14.3. The van der Waals surface area contributed by atoms with E-state index in [-0.39, 0.29) is 11.6 Å². The van der Waals surface area contributed by atoms with Crippen molar-refractivity contribution in [3.05, 3.63) is 44.2 Å². The Morgan fingerprint density at radius 2 is 1.88 bits per heavy atom. The van der Waals surface area contributed by atoms with Crippen LogP contribution in [0.25, 0.3) is 0 Å². The highest BCUT2D eigenvalue weighted by atomic mass is 16.2. The van der Waals surface area contributed by atoms with Gasteiger partial charge in [-0.2, -0.15) is 5.10 Å². The lowest BCUT2D eigenvalue weighted by atomic mass is 10.3. The molecule has 3 heterocycles. The van der Waals surface area contributed by atoms with Gasteiger partial charge in [-0.3, -0.25) is 18.7 Å². The molecular weight excluding hydrogens is 324 g/mol. The first kappa shape index (κ1) is 15.8. The molecule has 0 N–H and O–H groups in total. The first-order valence-corrected chi connectivity index (χ1v) is 8.45. The molecule has 1 fully saturated rings. The lowest BCUT2D eigenvalue weighted by Gasteiger charge is -2.21. The predicted octanol–water partition coefficient (Wildman–Crippen LogP) is -0.749. The minimum Gasteiger partial charge on any atom is -0.335 e. The summed E-state index contributed by atoms with van der Waals surface area (Å²) in [5, 5.41) is 4.56. The fraction of sp³-hybridized carbons (Fsp3) is 0.562. The molecule has 0 unspecified atom stereocenters. The van der Waals surface area contributed by atoms with Gasteiger partial charge >= 0.3 is 5.69 Å². The van der Waals surface area contributed by atoms with E-state index in [1.807, 2.05) is 4.68 Å². The summed E-state index contributed by atoms with van der Waals surface area (Å²) in [6, 6.07) is 1.22. The second-order valence-corrected chi connectivity index (χ2v) is 6.69. The van der Waals surface area contributed by atoms with Crippen LogP contribution in [0.1, 0.15) is 40.9 Å². The number of aromatic nitrogens is 5. The second-order valence-electron chi connectivity index (χ2n) is 6.69. The van der Waals surface area contributed by atoms with Crippen molar-refractivity contribution < 1.29 is 4.79 Å². The van der Waals surface area contributed by atoms with Gasteiger partial charge < -0.3 is 4.90 Å². The monoisotopic (exact) mass is 344 g/mol. The van der Waals surface area contributed by atoms with Gasteiger partial charge in [0, 0.05) is 45.6 Å². The summed E-state index contributed by atoms with van der Waals surface area (Å²) >= 11 is 0. The van der Waals surface area contributed by atoms with Crippen LogP contribution in [0.3, 0.4) is 0 Å². The Morgan fingerprint density at radius 1 is 1.12 bits per heavy atom. The van der Waals surface area contributed by atoms with Crippen molar-refractivity contribution in [2.24, 2.45) is 14.1 Å². The van der Waals surface area contributed by atoms with Crippen LogP contribution in [-0.4, -0.2) is 47.8 Å². The van der Waals surface area contributed by atoms with Gasteiger partial charge in [-0.1, -0.05) is 0 Å². The maximum Gasteiger partial charge on any atom is 0.331 e. The Hall–Kier alpha value is -2.71. The summed E-state index contributed by atoms with van der Waals surface area (Å²) in [4.78, 5) is 43.0. The third-order valence-corrected chi connectivity index (χ3v) is 4.93. The number of hydrogen-bond acceptors (Lipinski definition) is 5. The van der Waals surface area contributed by atoms with Crippen LogP contribution in [0, 0.1) is 0 Å². The van der Waals surface area contributed by atoms with Crippen LogP contribution in [0.2, 0.25) is 0 Å². The Labute approximate surface area is 143 Å². The van der Waals surface area contributed by atoms with Gasteiger partial charge in [-0.05, 0) is 12.8 Å². The molecule has 2 aliphatic rings. The topological polar surface area (TPSA) is 95.0 Å². The van der Waals surface area contributed by atoms with Crippen molar-refractivity contribution in [2.45, 2.75) is 31.7 Å². The maximum atomic E-state index is 12.8. The van der Waals surface area contributed by atoms with E-state index in [1.165, 1.54) is 24.7 Å². The number of carbonyl (C=O) groups excluding carboxylic acids is 1. The highest BCUT2D eigenvalue weighted by molar-refractivity contribution is 5.92. The summed E-state index contributed by atoms with van der Waals surface area (Å²) in [6.45, 7) is 1.54. The second kappa shape index (κ2) is 5.68. The van der Waals surface area contributed by atoms with Gasteiger partial charge in [-0.25, -0.2) is 14.5 Å². The number of fused-ring (bicyclic) bond motifs is 1. The molecule has 0 radical (unpaired) electrons. The van der Waals surface area contributed by atoms with E-state index in [4.69, 9.17) is 0 Å². The summed E-state index contributed by atoms with van der Waals surface area (Å²) in [5.41, 5.74) is -0.876. The molecule has 1 saturated carbocycles. The van der Waals surface area contributed by atoms with Crippen LogP contribution in [0.4, 0.5) is 0 Å². The van der Waals surface area contributed by atoms with Crippen molar-refractivity contribution in [2.75, 3.05) is 13.1 Å². The third kappa shape index (κ3) is 2.69. The number of nitrogens with zero attached hydrogens (tertiary/aromatic N) is 6. The van der Waals surface area contributed by atoms with Crippen molar-refractivity contribution in [3.63, 3.8) is 0 Å². The van der Waals surface area contributed by atoms with Crippen LogP contribution in [0.5, 0.6) is 0 Å². The lowest BCUT2D eigenvalue weighted by Crippen LogP contribution is -2.43. The average molecular weight is 344 g/mol. The summed E-state index contributed by atoms with van der Waals surface area (Å²) < 4.78 is 4.08. The number of amides is 1. The molecule has 2 aromatic rings. The molecule has 0 aromatic carbocycles. The molecule has 132 valence electrons. The molecule has 1 amide bonds. The Kier molecular flexibility index (Phi) is 3.59. The Bertz CT molecular complexity index is 940. The molecule has 9 heteroatoms. The van der Waals surface area contributed by atoms with E-state index in [2.05, 4.69) is 10.1 Å². The van der Waals surface area contributed by atoms with Crippen molar-refractivity contribution in [3.8, 4) is 0 Å². The van der Waals surface area contributed by atoms with E-state index in [1.54, 1.807) is 4.90 Å². The zero-order valence-corrected chi connectivity index (χ0v) is 14.3. The van der Waals surface area contributed by atoms with Gasteiger partial charge in [0.1, 0.15) is 11.5 Å². The molecule has 2 aromatic heterocycles. The SMILES string of the molecule is Cn1c(C(=O)N2CCc3nc(C4CC4)nn3CC2)cc(=O)n(C)c1=O. The highest BCUT2D eigenvalue weighted by Crippen LogP contribution is 2.38. The maximum absolute atomic E-state index is 12.8. The fourth-order valence-electron chi connectivity index (χ4n) is 3.14. The predicted molar refractivity (Wildman–Crippen MR) is 88.5 cm³/mol. The zero-order chi connectivity index (χ0) is 17.7. The van der Waals surface area contributed by atoms with Gasteiger partial charge in [0.2, 0.25) is 0 Å². The summed E-state index contributed by atoms with van der Waals surface area (Å²) in [5.74, 6) is 2.01. The molecule has 4 rings (SSSR count). The highest BCUT2D eigenvalue weighted by Gasteiger charge is 2.30. The molecule has 1 aliphatic heterocycles. The molecule has 25 heavy (non-hydrogen) atoms. The van der Waals surface area contributed by atoms with Gasteiger partial charge in [-0.15, -0.1) is 0 Å². The fourth-order valence-corrected chi connectivity index (χ4v) is 3.14. The van der Waals surface area contributed by atoms with Gasteiger partial charge in [0.05, 0.1) is 6.54 Å². The molecule has 0 saturated heterocycles. The minimum absolute atomic E-state index is 0.110. The van der Waals surface area contributed by atoms with E-state index in [0.717, 1.165) is 29.1 Å². The van der Waals surface area contributed by atoms with Crippen molar-refractivity contribution in [1.82, 2.24) is 28.8 Å². The van der Waals surface area contributed by atoms with Crippen LogP contribution >= 0.6 is 0 Å². The molecule has 1 aliphatic carbocycles. The Morgan fingerprint density at radius 3 is 2.60 bits per heavy atom. The van der Waals surface area contributed by atoms with Crippen molar-refractivity contribution in [1.29, 1.82) is 0 Å². The molecule has 9 nitrogen and oxygen atoms in total. The van der Waals surface area contributed by atoms with E-state index in [9.17, 15) is 14.4 Å². The normalized spacial score (nSPS) is 17.3. The third-order valence-electron chi connectivity index (χ3n) is 4.93. The molecular formula is C16H20N6O3. The number of hydrogen-bond donors (Lipinski definition) is 0.